The fourth-order valence-electron chi connectivity index (χ4n) is 2.12. The van der Waals surface area contributed by atoms with Gasteiger partial charge in [0.2, 0.25) is 5.91 Å². The van der Waals surface area contributed by atoms with Crippen LogP contribution >= 0.6 is 0 Å². The van der Waals surface area contributed by atoms with Crippen molar-refractivity contribution >= 4 is 17.5 Å². The summed E-state index contributed by atoms with van der Waals surface area (Å²) < 4.78 is 13.5. The summed E-state index contributed by atoms with van der Waals surface area (Å²) >= 11 is 0. The van der Waals surface area contributed by atoms with Crippen molar-refractivity contribution in [2.24, 2.45) is 5.73 Å². The van der Waals surface area contributed by atoms with Gasteiger partial charge in [-0.1, -0.05) is 6.07 Å². The predicted octanol–water partition coefficient (Wildman–Crippen LogP) is -0.232. The van der Waals surface area contributed by atoms with Crippen molar-refractivity contribution in [1.29, 1.82) is 0 Å². The molecule has 1 fully saturated rings. The molecular weight excluding hydrogens is 263 g/mol. The number of nitrogens with two attached hydrogens (primary N) is 1. The van der Waals surface area contributed by atoms with Crippen molar-refractivity contribution in [2.75, 3.05) is 38.0 Å². The lowest BCUT2D eigenvalue weighted by Gasteiger charge is -2.27. The second-order valence-corrected chi connectivity index (χ2v) is 4.51. The van der Waals surface area contributed by atoms with E-state index < -0.39 is 11.7 Å². The summed E-state index contributed by atoms with van der Waals surface area (Å²) in [4.78, 5) is 24.9. The fraction of sp³-hybridized carbons (Fsp3) is 0.385. The zero-order chi connectivity index (χ0) is 14.5. The number of carbonyl (C=O) groups is 2. The van der Waals surface area contributed by atoms with Crippen LogP contribution in [-0.4, -0.2) is 49.4 Å². The third-order valence-electron chi connectivity index (χ3n) is 3.16. The lowest BCUT2D eigenvalue weighted by atomic mass is 10.1. The minimum Gasteiger partial charge on any atom is -0.375 e. The normalized spacial score (nSPS) is 14.9. The fourth-order valence-corrected chi connectivity index (χ4v) is 2.12. The van der Waals surface area contributed by atoms with Crippen LogP contribution in [-0.2, 0) is 4.79 Å². The molecule has 0 unspecified atom stereocenters. The molecule has 20 heavy (non-hydrogen) atoms. The van der Waals surface area contributed by atoms with Gasteiger partial charge < -0.3 is 21.3 Å². The molecule has 1 aliphatic heterocycles. The molecule has 1 aliphatic rings. The van der Waals surface area contributed by atoms with Gasteiger partial charge in [0, 0.05) is 26.2 Å². The smallest absolute Gasteiger partial charge is 0.253 e. The van der Waals surface area contributed by atoms with Gasteiger partial charge in [-0.25, -0.2) is 4.39 Å². The van der Waals surface area contributed by atoms with Gasteiger partial charge in [0.1, 0.15) is 5.82 Å². The van der Waals surface area contributed by atoms with Gasteiger partial charge in [-0.3, -0.25) is 9.59 Å². The zero-order valence-electron chi connectivity index (χ0n) is 11.0. The first-order chi connectivity index (χ1) is 9.59. The molecule has 0 radical (unpaired) electrons. The van der Waals surface area contributed by atoms with Crippen molar-refractivity contribution in [2.45, 2.75) is 0 Å². The number of carbonyl (C=O) groups excluding carboxylic acids is 2. The van der Waals surface area contributed by atoms with Gasteiger partial charge in [0.05, 0.1) is 17.8 Å². The molecule has 0 aliphatic carbocycles. The molecule has 4 N–H and O–H groups in total. The molecule has 1 heterocycles. The molecule has 1 aromatic rings. The van der Waals surface area contributed by atoms with Crippen molar-refractivity contribution in [3.8, 4) is 0 Å². The Hall–Kier alpha value is -2.15. The Morgan fingerprint density at radius 3 is 2.70 bits per heavy atom. The van der Waals surface area contributed by atoms with Gasteiger partial charge in [0.25, 0.3) is 5.91 Å². The molecule has 0 bridgehead atoms. The maximum atomic E-state index is 13.5. The first kappa shape index (κ1) is 14.3. The van der Waals surface area contributed by atoms with Crippen molar-refractivity contribution in [3.05, 3.63) is 29.6 Å². The van der Waals surface area contributed by atoms with Gasteiger partial charge in [-0.05, 0) is 12.1 Å². The molecule has 1 aromatic carbocycles. The van der Waals surface area contributed by atoms with Crippen LogP contribution in [0.4, 0.5) is 10.1 Å². The van der Waals surface area contributed by atoms with E-state index in [0.717, 1.165) is 19.2 Å². The second kappa shape index (κ2) is 6.33. The largest absolute Gasteiger partial charge is 0.375 e. The number of benzene rings is 1. The second-order valence-electron chi connectivity index (χ2n) is 4.51. The number of hydrogen-bond acceptors (Lipinski definition) is 4. The molecule has 108 valence electrons. The number of hydrogen-bond donors (Lipinski definition) is 3. The van der Waals surface area contributed by atoms with E-state index in [4.69, 9.17) is 5.73 Å². The van der Waals surface area contributed by atoms with Crippen LogP contribution in [0.2, 0.25) is 0 Å². The predicted molar refractivity (Wildman–Crippen MR) is 72.9 cm³/mol. The zero-order valence-corrected chi connectivity index (χ0v) is 11.0. The quantitative estimate of drug-likeness (QED) is 0.711. The van der Waals surface area contributed by atoms with Crippen LogP contribution < -0.4 is 16.4 Å². The van der Waals surface area contributed by atoms with E-state index >= 15 is 0 Å². The van der Waals surface area contributed by atoms with Crippen LogP contribution in [0.5, 0.6) is 0 Å². The average molecular weight is 280 g/mol. The molecule has 7 heteroatoms. The summed E-state index contributed by atoms with van der Waals surface area (Å²) in [5, 5.41) is 5.93. The van der Waals surface area contributed by atoms with Crippen LogP contribution in [0.15, 0.2) is 18.2 Å². The Morgan fingerprint density at radius 1 is 1.35 bits per heavy atom. The third-order valence-corrected chi connectivity index (χ3v) is 3.16. The number of nitrogens with one attached hydrogen (secondary N) is 2. The van der Waals surface area contributed by atoms with E-state index in [1.807, 2.05) is 0 Å². The molecule has 2 rings (SSSR count). The van der Waals surface area contributed by atoms with Crippen molar-refractivity contribution < 1.29 is 14.0 Å². The summed E-state index contributed by atoms with van der Waals surface area (Å²) in [5.41, 5.74) is 5.16. The van der Waals surface area contributed by atoms with Crippen molar-refractivity contribution in [3.63, 3.8) is 0 Å². The minimum absolute atomic E-state index is 0.00370. The van der Waals surface area contributed by atoms with E-state index in [-0.39, 0.29) is 23.7 Å². The highest BCUT2D eigenvalue weighted by atomic mass is 19.1. The van der Waals surface area contributed by atoms with E-state index in [1.165, 1.54) is 12.1 Å². The van der Waals surface area contributed by atoms with Gasteiger partial charge in [-0.15, -0.1) is 0 Å². The number of halogens is 1. The van der Waals surface area contributed by atoms with Crippen LogP contribution in [0.1, 0.15) is 10.4 Å². The lowest BCUT2D eigenvalue weighted by molar-refractivity contribution is -0.129. The number of amides is 2. The van der Waals surface area contributed by atoms with Crippen LogP contribution in [0.25, 0.3) is 0 Å². The van der Waals surface area contributed by atoms with Gasteiger partial charge in [-0.2, -0.15) is 0 Å². The van der Waals surface area contributed by atoms with E-state index in [2.05, 4.69) is 10.6 Å². The Labute approximate surface area is 116 Å². The van der Waals surface area contributed by atoms with E-state index in [9.17, 15) is 14.0 Å². The summed E-state index contributed by atoms with van der Waals surface area (Å²) in [6, 6.07) is 4.14. The number of nitrogens with zero attached hydrogens (tertiary/aromatic N) is 1. The molecule has 0 atom stereocenters. The SMILES string of the molecule is NC(=O)c1c(F)cccc1NCC(=O)N1CCNCC1. The Bertz CT molecular complexity index is 515. The minimum atomic E-state index is -0.861. The topological polar surface area (TPSA) is 87.5 Å². The molecular formula is C13H17FN4O2. The Kier molecular flexibility index (Phi) is 4.52. The molecule has 0 aromatic heterocycles. The number of rotatable bonds is 4. The van der Waals surface area contributed by atoms with Gasteiger partial charge >= 0.3 is 0 Å². The summed E-state index contributed by atoms with van der Waals surface area (Å²) in [6.45, 7) is 2.82. The Morgan fingerprint density at radius 2 is 2.05 bits per heavy atom. The first-order valence-electron chi connectivity index (χ1n) is 6.40. The highest BCUT2D eigenvalue weighted by Gasteiger charge is 2.18. The highest BCUT2D eigenvalue weighted by Crippen LogP contribution is 2.18. The molecule has 1 saturated heterocycles. The number of primary amides is 1. The lowest BCUT2D eigenvalue weighted by Crippen LogP contribution is -2.48. The van der Waals surface area contributed by atoms with E-state index in [1.54, 1.807) is 4.90 Å². The summed E-state index contributed by atoms with van der Waals surface area (Å²) in [7, 11) is 0. The summed E-state index contributed by atoms with van der Waals surface area (Å²) in [6.07, 6.45) is 0. The molecule has 0 saturated carbocycles. The highest BCUT2D eigenvalue weighted by molar-refractivity contribution is 5.99. The van der Waals surface area contributed by atoms with Gasteiger partial charge in [0.15, 0.2) is 0 Å². The Balaban J connectivity index is 2.02. The van der Waals surface area contributed by atoms with E-state index in [0.29, 0.717) is 13.1 Å². The maximum absolute atomic E-state index is 13.5. The molecule has 0 spiro atoms. The standard InChI is InChI=1S/C13H17FN4O2/c14-9-2-1-3-10(12(9)13(15)20)17-8-11(19)18-6-4-16-5-7-18/h1-3,16-17H,4-8H2,(H2,15,20). The maximum Gasteiger partial charge on any atom is 0.253 e. The van der Waals surface area contributed by atoms with Crippen LogP contribution in [0, 0.1) is 5.82 Å². The van der Waals surface area contributed by atoms with Crippen LogP contribution in [0.3, 0.4) is 0 Å². The first-order valence-corrected chi connectivity index (χ1v) is 6.40. The summed E-state index contributed by atoms with van der Waals surface area (Å²) in [5.74, 6) is -1.65. The number of anilines is 1. The molecule has 6 nitrogen and oxygen atoms in total. The molecule has 2 amide bonds. The average Bonchev–Trinajstić information content (AvgIpc) is 2.45. The number of piperazine rings is 1. The third kappa shape index (κ3) is 3.24. The monoisotopic (exact) mass is 280 g/mol. The van der Waals surface area contributed by atoms with Crippen molar-refractivity contribution in [1.82, 2.24) is 10.2 Å².